The number of hydrogen-bond acceptors (Lipinski definition) is 6. The molecule has 1 heterocycles. The Kier molecular flexibility index (Phi) is 5.64. The van der Waals surface area contributed by atoms with Crippen LogP contribution in [0.25, 0.3) is 0 Å². The van der Waals surface area contributed by atoms with Gasteiger partial charge in [0, 0.05) is 6.04 Å². The summed E-state index contributed by atoms with van der Waals surface area (Å²) in [6.45, 7) is 8.56. The Morgan fingerprint density at radius 2 is 2.00 bits per heavy atom. The van der Waals surface area contributed by atoms with Gasteiger partial charge in [0.1, 0.15) is 12.4 Å². The molecule has 2 aromatic rings. The highest BCUT2D eigenvalue weighted by Gasteiger charge is 2.27. The molecule has 1 aliphatic rings. The standard InChI is InChI=1S/C19H27N5O2S/c1-12(17(25)21-14-7-8-14)27-18-23-22-16(24(18)20)11-26-15-9-5-13(6-10-15)19(2,3)4/h5-6,9-10,12,14H,7-8,11,20H2,1-4H3,(H,21,25). The smallest absolute Gasteiger partial charge is 0.233 e. The Balaban J connectivity index is 1.56. The molecule has 146 valence electrons. The molecule has 1 aliphatic carbocycles. The first-order valence-corrected chi connectivity index (χ1v) is 10.0. The summed E-state index contributed by atoms with van der Waals surface area (Å²) in [6.07, 6.45) is 2.13. The number of aromatic nitrogens is 3. The highest BCUT2D eigenvalue weighted by Crippen LogP contribution is 2.26. The van der Waals surface area contributed by atoms with E-state index in [0.29, 0.717) is 17.0 Å². The number of ether oxygens (including phenoxy) is 1. The Morgan fingerprint density at radius 1 is 1.33 bits per heavy atom. The van der Waals surface area contributed by atoms with Crippen LogP contribution in [0.3, 0.4) is 0 Å². The second-order valence-electron chi connectivity index (χ2n) is 7.87. The molecule has 1 atom stereocenters. The van der Waals surface area contributed by atoms with Crippen molar-refractivity contribution in [3.8, 4) is 5.75 Å². The molecule has 0 bridgehead atoms. The van der Waals surface area contributed by atoms with Crippen LogP contribution in [0.1, 0.15) is 51.9 Å². The molecule has 1 saturated carbocycles. The minimum absolute atomic E-state index is 0.00207. The number of rotatable bonds is 7. The molecule has 3 rings (SSSR count). The molecule has 8 heteroatoms. The Hall–Kier alpha value is -2.22. The number of carbonyl (C=O) groups is 1. The summed E-state index contributed by atoms with van der Waals surface area (Å²) in [4.78, 5) is 12.1. The summed E-state index contributed by atoms with van der Waals surface area (Å²) >= 11 is 1.29. The number of nitrogens with two attached hydrogens (primary N) is 1. The van der Waals surface area contributed by atoms with Gasteiger partial charge >= 0.3 is 0 Å². The molecule has 0 radical (unpaired) electrons. The van der Waals surface area contributed by atoms with Gasteiger partial charge in [0.05, 0.1) is 5.25 Å². The molecule has 7 nitrogen and oxygen atoms in total. The Bertz CT molecular complexity index is 793. The number of nitrogens with one attached hydrogen (secondary N) is 1. The first-order valence-electron chi connectivity index (χ1n) is 9.14. The van der Waals surface area contributed by atoms with Gasteiger partial charge in [0.25, 0.3) is 0 Å². The number of thioether (sulfide) groups is 1. The number of nitrogens with zero attached hydrogens (tertiary/aromatic N) is 3. The van der Waals surface area contributed by atoms with Crippen LogP contribution in [-0.4, -0.2) is 32.1 Å². The number of amides is 1. The minimum atomic E-state index is -0.282. The third-order valence-corrected chi connectivity index (χ3v) is 5.46. The summed E-state index contributed by atoms with van der Waals surface area (Å²) in [5.74, 6) is 7.33. The zero-order valence-electron chi connectivity index (χ0n) is 16.2. The van der Waals surface area contributed by atoms with Crippen LogP contribution in [0, 0.1) is 0 Å². The van der Waals surface area contributed by atoms with Gasteiger partial charge in [-0.15, -0.1) is 10.2 Å². The molecular weight excluding hydrogens is 362 g/mol. The fourth-order valence-corrected chi connectivity index (χ4v) is 3.24. The average molecular weight is 390 g/mol. The van der Waals surface area contributed by atoms with Gasteiger partial charge < -0.3 is 15.9 Å². The highest BCUT2D eigenvalue weighted by atomic mass is 32.2. The van der Waals surface area contributed by atoms with E-state index in [0.717, 1.165) is 18.6 Å². The molecular formula is C19H27N5O2S. The molecule has 0 saturated heterocycles. The van der Waals surface area contributed by atoms with Crippen molar-refractivity contribution in [2.45, 2.75) is 69.0 Å². The number of carbonyl (C=O) groups excluding carboxylic acids is 1. The van der Waals surface area contributed by atoms with E-state index in [4.69, 9.17) is 10.6 Å². The van der Waals surface area contributed by atoms with E-state index in [-0.39, 0.29) is 23.2 Å². The van der Waals surface area contributed by atoms with Gasteiger partial charge in [-0.2, -0.15) is 0 Å². The zero-order chi connectivity index (χ0) is 19.6. The molecule has 0 spiro atoms. The summed E-state index contributed by atoms with van der Waals surface area (Å²) in [6, 6.07) is 8.34. The second-order valence-corrected chi connectivity index (χ2v) is 9.18. The Morgan fingerprint density at radius 3 is 2.59 bits per heavy atom. The van der Waals surface area contributed by atoms with Crippen LogP contribution in [0.15, 0.2) is 29.4 Å². The average Bonchev–Trinajstić information content (AvgIpc) is 3.37. The third-order valence-electron chi connectivity index (χ3n) is 4.40. The maximum Gasteiger partial charge on any atom is 0.233 e. The summed E-state index contributed by atoms with van der Waals surface area (Å²) < 4.78 is 7.16. The molecule has 1 fully saturated rings. The van der Waals surface area contributed by atoms with Crippen molar-refractivity contribution in [1.29, 1.82) is 0 Å². The van der Waals surface area contributed by atoms with Crippen molar-refractivity contribution in [3.63, 3.8) is 0 Å². The molecule has 0 aliphatic heterocycles. The summed E-state index contributed by atoms with van der Waals surface area (Å²) in [5.41, 5.74) is 1.35. The summed E-state index contributed by atoms with van der Waals surface area (Å²) in [7, 11) is 0. The minimum Gasteiger partial charge on any atom is -0.486 e. The topological polar surface area (TPSA) is 95.1 Å². The molecule has 1 aromatic heterocycles. The number of nitrogen functional groups attached to an aromatic ring is 1. The lowest BCUT2D eigenvalue weighted by Crippen LogP contribution is -2.32. The highest BCUT2D eigenvalue weighted by molar-refractivity contribution is 8.00. The van der Waals surface area contributed by atoms with Gasteiger partial charge in [-0.25, -0.2) is 4.68 Å². The van der Waals surface area contributed by atoms with Crippen molar-refractivity contribution in [2.24, 2.45) is 0 Å². The van der Waals surface area contributed by atoms with E-state index in [1.165, 1.54) is 22.0 Å². The van der Waals surface area contributed by atoms with Crippen LogP contribution in [0.5, 0.6) is 5.75 Å². The second kappa shape index (κ2) is 7.80. The first kappa shape index (κ1) is 19.5. The number of hydrogen-bond donors (Lipinski definition) is 2. The molecule has 1 unspecified atom stereocenters. The normalized spacial score (nSPS) is 15.4. The fraction of sp³-hybridized carbons (Fsp3) is 0.526. The summed E-state index contributed by atoms with van der Waals surface area (Å²) in [5, 5.41) is 11.4. The lowest BCUT2D eigenvalue weighted by Gasteiger charge is -2.19. The van der Waals surface area contributed by atoms with Gasteiger partial charge in [0.2, 0.25) is 11.1 Å². The van der Waals surface area contributed by atoms with Crippen molar-refractivity contribution >= 4 is 17.7 Å². The maximum atomic E-state index is 12.1. The van der Waals surface area contributed by atoms with E-state index >= 15 is 0 Å². The lowest BCUT2D eigenvalue weighted by molar-refractivity contribution is -0.120. The van der Waals surface area contributed by atoms with E-state index < -0.39 is 0 Å². The molecule has 3 N–H and O–H groups in total. The monoisotopic (exact) mass is 389 g/mol. The van der Waals surface area contributed by atoms with Crippen molar-refractivity contribution in [1.82, 2.24) is 20.2 Å². The lowest BCUT2D eigenvalue weighted by atomic mass is 9.87. The zero-order valence-corrected chi connectivity index (χ0v) is 17.0. The van der Waals surface area contributed by atoms with E-state index in [9.17, 15) is 4.79 Å². The predicted octanol–water partition coefficient (Wildman–Crippen LogP) is 2.63. The van der Waals surface area contributed by atoms with Crippen LogP contribution >= 0.6 is 11.8 Å². The molecule has 27 heavy (non-hydrogen) atoms. The molecule has 1 amide bonds. The van der Waals surface area contributed by atoms with E-state index in [2.05, 4.69) is 48.4 Å². The fourth-order valence-electron chi connectivity index (χ4n) is 2.44. The van der Waals surface area contributed by atoms with Crippen LogP contribution in [0.4, 0.5) is 0 Å². The van der Waals surface area contributed by atoms with Gasteiger partial charge in [-0.1, -0.05) is 44.7 Å². The van der Waals surface area contributed by atoms with Crippen molar-refractivity contribution in [2.75, 3.05) is 5.84 Å². The largest absolute Gasteiger partial charge is 0.486 e. The van der Waals surface area contributed by atoms with Gasteiger partial charge in [0.15, 0.2) is 5.82 Å². The molecule has 1 aromatic carbocycles. The quantitative estimate of drug-likeness (QED) is 0.558. The Labute approximate surface area is 164 Å². The van der Waals surface area contributed by atoms with E-state index in [1.807, 2.05) is 19.1 Å². The van der Waals surface area contributed by atoms with Crippen molar-refractivity contribution < 1.29 is 9.53 Å². The number of benzene rings is 1. The van der Waals surface area contributed by atoms with Gasteiger partial charge in [-0.05, 0) is 42.9 Å². The SMILES string of the molecule is CC(Sc1nnc(COc2ccc(C(C)(C)C)cc2)n1N)C(=O)NC1CC1. The van der Waals surface area contributed by atoms with Crippen molar-refractivity contribution in [3.05, 3.63) is 35.7 Å². The van der Waals surface area contributed by atoms with Gasteiger partial charge in [-0.3, -0.25) is 4.79 Å². The van der Waals surface area contributed by atoms with Crippen LogP contribution in [-0.2, 0) is 16.8 Å². The van der Waals surface area contributed by atoms with Crippen LogP contribution in [0.2, 0.25) is 0 Å². The maximum absolute atomic E-state index is 12.1. The van der Waals surface area contributed by atoms with E-state index in [1.54, 1.807) is 0 Å². The first-order chi connectivity index (χ1) is 12.7. The predicted molar refractivity (Wildman–Crippen MR) is 106 cm³/mol. The van der Waals surface area contributed by atoms with Crippen LogP contribution < -0.4 is 15.9 Å². The third kappa shape index (κ3) is 5.15.